The summed E-state index contributed by atoms with van der Waals surface area (Å²) in [6, 6.07) is 16.5. The number of nitrogens with zero attached hydrogens (tertiary/aromatic N) is 2. The molecule has 1 aliphatic carbocycles. The molecule has 0 aromatic heterocycles. The Balaban J connectivity index is 1.21. The van der Waals surface area contributed by atoms with E-state index in [4.69, 9.17) is 21.6 Å². The van der Waals surface area contributed by atoms with E-state index in [9.17, 15) is 4.79 Å². The molecule has 2 fully saturated rings. The summed E-state index contributed by atoms with van der Waals surface area (Å²) in [6.45, 7) is 7.68. The number of amides is 1. The molecule has 35 heavy (non-hydrogen) atoms. The first kappa shape index (κ1) is 25.5. The normalized spacial score (nSPS) is 25.0. The van der Waals surface area contributed by atoms with Gasteiger partial charge >= 0.3 is 0 Å². The van der Waals surface area contributed by atoms with E-state index in [1.165, 1.54) is 5.56 Å². The van der Waals surface area contributed by atoms with Crippen molar-refractivity contribution in [2.24, 2.45) is 0 Å². The Morgan fingerprint density at radius 2 is 1.80 bits per heavy atom. The Labute approximate surface area is 213 Å². The zero-order valence-electron chi connectivity index (χ0n) is 20.6. The highest BCUT2D eigenvalue weighted by Gasteiger charge is 2.25. The minimum absolute atomic E-state index is 0.0101. The van der Waals surface area contributed by atoms with Gasteiger partial charge in [0.05, 0.1) is 16.7 Å². The fourth-order valence-electron chi connectivity index (χ4n) is 5.14. The number of halogens is 1. The molecule has 2 aliphatic rings. The average Bonchev–Trinajstić information content (AvgIpc) is 2.85. The molecule has 2 aromatic carbocycles. The Morgan fingerprint density at radius 1 is 1.11 bits per heavy atom. The molecule has 1 saturated heterocycles. The second-order valence-electron chi connectivity index (χ2n) is 9.86. The van der Waals surface area contributed by atoms with Crippen LogP contribution in [-0.2, 0) is 6.42 Å². The molecule has 0 spiro atoms. The van der Waals surface area contributed by atoms with Crippen molar-refractivity contribution >= 4 is 17.5 Å². The minimum atomic E-state index is -0.0101. The quantitative estimate of drug-likeness (QED) is 0.590. The molecule has 0 bridgehead atoms. The lowest BCUT2D eigenvalue weighted by atomic mass is 9.92. The van der Waals surface area contributed by atoms with Crippen molar-refractivity contribution in [3.05, 3.63) is 64.2 Å². The van der Waals surface area contributed by atoms with Gasteiger partial charge in [-0.05, 0) is 75.8 Å². The highest BCUT2D eigenvalue weighted by molar-refractivity contribution is 6.31. The Kier molecular flexibility index (Phi) is 8.67. The number of nitriles is 1. The summed E-state index contributed by atoms with van der Waals surface area (Å²) in [6.07, 6.45) is 4.56. The summed E-state index contributed by atoms with van der Waals surface area (Å²) in [7, 11) is 0. The Bertz CT molecular complexity index is 1030. The van der Waals surface area contributed by atoms with Crippen LogP contribution in [0.5, 0.6) is 5.75 Å². The van der Waals surface area contributed by atoms with Crippen LogP contribution in [0.25, 0.3) is 0 Å². The van der Waals surface area contributed by atoms with E-state index in [0.29, 0.717) is 34.0 Å². The fraction of sp³-hybridized carbons (Fsp3) is 0.500. The van der Waals surface area contributed by atoms with E-state index in [2.05, 4.69) is 47.6 Å². The molecule has 2 atom stereocenters. The SMILES string of the molecule is C[C@@H]1CNC[C@@H](C)N1CCc1ccc(C(=O)N[C@H]2CC[C@H](Oc3ccc(C#N)c(Cl)c3)CC2)cc1. The third-order valence-corrected chi connectivity index (χ3v) is 7.57. The van der Waals surface area contributed by atoms with Gasteiger partial charge in [-0.15, -0.1) is 0 Å². The third-order valence-electron chi connectivity index (χ3n) is 7.26. The zero-order valence-corrected chi connectivity index (χ0v) is 21.4. The van der Waals surface area contributed by atoms with E-state index < -0.39 is 0 Å². The molecular weight excluding hydrogens is 460 g/mol. The summed E-state index contributed by atoms with van der Waals surface area (Å²) in [5.74, 6) is 0.673. The van der Waals surface area contributed by atoms with Crippen LogP contribution in [0.3, 0.4) is 0 Å². The Morgan fingerprint density at radius 3 is 2.43 bits per heavy atom. The first-order chi connectivity index (χ1) is 16.9. The van der Waals surface area contributed by atoms with Gasteiger partial charge in [0.1, 0.15) is 11.8 Å². The lowest BCUT2D eigenvalue weighted by Crippen LogP contribution is -2.55. The molecule has 2 aromatic rings. The maximum absolute atomic E-state index is 12.8. The highest BCUT2D eigenvalue weighted by Crippen LogP contribution is 2.27. The maximum atomic E-state index is 12.8. The van der Waals surface area contributed by atoms with Crippen LogP contribution in [0.2, 0.25) is 5.02 Å². The molecule has 1 aliphatic heterocycles. The molecule has 0 unspecified atom stereocenters. The number of ether oxygens (including phenoxy) is 1. The van der Waals surface area contributed by atoms with Crippen LogP contribution >= 0.6 is 11.6 Å². The molecule has 2 N–H and O–H groups in total. The predicted molar refractivity (Wildman–Crippen MR) is 139 cm³/mol. The van der Waals surface area contributed by atoms with Crippen molar-refractivity contribution in [1.29, 1.82) is 5.26 Å². The second kappa shape index (κ2) is 11.9. The second-order valence-corrected chi connectivity index (χ2v) is 10.3. The summed E-state index contributed by atoms with van der Waals surface area (Å²) in [4.78, 5) is 15.3. The minimum Gasteiger partial charge on any atom is -0.490 e. The summed E-state index contributed by atoms with van der Waals surface area (Å²) in [5.41, 5.74) is 2.42. The van der Waals surface area contributed by atoms with Crippen LogP contribution in [0.1, 0.15) is 61.0 Å². The number of nitrogens with one attached hydrogen (secondary N) is 2. The molecule has 1 saturated carbocycles. The van der Waals surface area contributed by atoms with Gasteiger partial charge in [0.2, 0.25) is 0 Å². The number of hydrogen-bond acceptors (Lipinski definition) is 5. The van der Waals surface area contributed by atoms with Crippen LogP contribution < -0.4 is 15.4 Å². The largest absolute Gasteiger partial charge is 0.490 e. The Hall–Kier alpha value is -2.59. The van der Waals surface area contributed by atoms with Crippen molar-refractivity contribution in [3.63, 3.8) is 0 Å². The van der Waals surface area contributed by atoms with Crippen molar-refractivity contribution in [2.45, 2.75) is 70.2 Å². The van der Waals surface area contributed by atoms with Crippen LogP contribution in [0, 0.1) is 11.3 Å². The van der Waals surface area contributed by atoms with Gasteiger partial charge in [0, 0.05) is 49.4 Å². The van der Waals surface area contributed by atoms with Gasteiger partial charge in [-0.1, -0.05) is 23.7 Å². The summed E-state index contributed by atoms with van der Waals surface area (Å²) < 4.78 is 6.05. The van der Waals surface area contributed by atoms with Crippen molar-refractivity contribution in [3.8, 4) is 11.8 Å². The zero-order chi connectivity index (χ0) is 24.8. The van der Waals surface area contributed by atoms with Gasteiger partial charge in [0.15, 0.2) is 0 Å². The summed E-state index contributed by atoms with van der Waals surface area (Å²) in [5, 5.41) is 16.1. The molecule has 7 heteroatoms. The maximum Gasteiger partial charge on any atom is 0.251 e. The molecule has 1 heterocycles. The van der Waals surface area contributed by atoms with Crippen molar-refractivity contribution in [2.75, 3.05) is 19.6 Å². The van der Waals surface area contributed by atoms with E-state index in [1.54, 1.807) is 18.2 Å². The smallest absolute Gasteiger partial charge is 0.251 e. The number of carbonyl (C=O) groups excluding carboxylic acids is 1. The fourth-order valence-corrected chi connectivity index (χ4v) is 5.35. The lowest BCUT2D eigenvalue weighted by Gasteiger charge is -2.39. The number of rotatable bonds is 7. The van der Waals surface area contributed by atoms with Crippen LogP contribution in [0.15, 0.2) is 42.5 Å². The molecule has 186 valence electrons. The van der Waals surface area contributed by atoms with Gasteiger partial charge in [-0.25, -0.2) is 0 Å². The molecule has 1 amide bonds. The molecule has 6 nitrogen and oxygen atoms in total. The van der Waals surface area contributed by atoms with E-state index in [1.807, 2.05) is 12.1 Å². The average molecular weight is 495 g/mol. The van der Waals surface area contributed by atoms with Crippen LogP contribution in [0.4, 0.5) is 0 Å². The molecular formula is C28H35ClN4O2. The van der Waals surface area contributed by atoms with E-state index in [0.717, 1.165) is 51.7 Å². The molecule has 0 radical (unpaired) electrons. The number of piperazine rings is 1. The van der Waals surface area contributed by atoms with Gasteiger partial charge in [-0.2, -0.15) is 5.26 Å². The standard InChI is InChI=1S/C28H35ClN4O2/c1-19-17-31-18-20(2)33(19)14-13-21-3-5-22(6-4-21)28(34)32-24-8-11-25(12-9-24)35-26-10-7-23(16-30)27(29)15-26/h3-7,10,15,19-20,24-25,31H,8-9,11-14,17-18H2,1-2H3,(H,32,34)/t19-,20-,24-,25-/m1/s1. The highest BCUT2D eigenvalue weighted by atomic mass is 35.5. The monoisotopic (exact) mass is 494 g/mol. The number of hydrogen-bond donors (Lipinski definition) is 2. The number of carbonyl (C=O) groups is 1. The van der Waals surface area contributed by atoms with Crippen LogP contribution in [-0.4, -0.2) is 54.7 Å². The van der Waals surface area contributed by atoms with E-state index >= 15 is 0 Å². The van der Waals surface area contributed by atoms with Gasteiger partial charge in [0.25, 0.3) is 5.91 Å². The van der Waals surface area contributed by atoms with Gasteiger partial charge in [-0.3, -0.25) is 9.69 Å². The first-order valence-electron chi connectivity index (χ1n) is 12.7. The topological polar surface area (TPSA) is 77.4 Å². The van der Waals surface area contributed by atoms with Crippen molar-refractivity contribution in [1.82, 2.24) is 15.5 Å². The summed E-state index contributed by atoms with van der Waals surface area (Å²) >= 11 is 6.11. The lowest BCUT2D eigenvalue weighted by molar-refractivity contribution is 0.0894. The predicted octanol–water partition coefficient (Wildman–Crippen LogP) is 4.56. The van der Waals surface area contributed by atoms with E-state index in [-0.39, 0.29) is 18.1 Å². The van der Waals surface area contributed by atoms with Crippen molar-refractivity contribution < 1.29 is 9.53 Å². The van der Waals surface area contributed by atoms with Gasteiger partial charge < -0.3 is 15.4 Å². The molecule has 4 rings (SSSR count). The number of benzene rings is 2. The first-order valence-corrected chi connectivity index (χ1v) is 13.0. The third kappa shape index (κ3) is 6.76.